The van der Waals surface area contributed by atoms with Gasteiger partial charge in [-0.2, -0.15) is 0 Å². The lowest BCUT2D eigenvalue weighted by Gasteiger charge is -2.05. The van der Waals surface area contributed by atoms with E-state index in [1.165, 1.54) is 11.6 Å². The molecular formula is C16H18N2O2. The van der Waals surface area contributed by atoms with E-state index in [1.54, 1.807) is 19.4 Å². The van der Waals surface area contributed by atoms with E-state index in [-0.39, 0.29) is 5.97 Å². The molecule has 0 aliphatic rings. The van der Waals surface area contributed by atoms with Crippen LogP contribution in [-0.2, 0) is 16.1 Å². The van der Waals surface area contributed by atoms with Crippen molar-refractivity contribution in [3.05, 3.63) is 60.2 Å². The fraction of sp³-hybridized carbons (Fsp3) is 0.250. The molecule has 2 aromatic rings. The minimum absolute atomic E-state index is 0.299. The first-order valence-corrected chi connectivity index (χ1v) is 6.59. The highest BCUT2D eigenvalue weighted by Gasteiger charge is 2.01. The first kappa shape index (κ1) is 14.1. The Bertz CT molecular complexity index is 583. The number of nitrogens with zero attached hydrogens (tertiary/aromatic N) is 2. The van der Waals surface area contributed by atoms with Gasteiger partial charge >= 0.3 is 5.97 Å². The molecular weight excluding hydrogens is 252 g/mol. The van der Waals surface area contributed by atoms with E-state index in [0.717, 1.165) is 17.7 Å². The van der Waals surface area contributed by atoms with Crippen molar-refractivity contribution in [2.45, 2.75) is 20.4 Å². The van der Waals surface area contributed by atoms with Crippen molar-refractivity contribution in [3.63, 3.8) is 0 Å². The van der Waals surface area contributed by atoms with Crippen LogP contribution in [0.25, 0.3) is 5.57 Å². The molecule has 0 radical (unpaired) electrons. The van der Waals surface area contributed by atoms with E-state index in [0.29, 0.717) is 6.61 Å². The van der Waals surface area contributed by atoms with Crippen molar-refractivity contribution < 1.29 is 9.53 Å². The number of ether oxygens (including phenoxy) is 1. The summed E-state index contributed by atoms with van der Waals surface area (Å²) in [4.78, 5) is 15.4. The van der Waals surface area contributed by atoms with Gasteiger partial charge in [-0.3, -0.25) is 0 Å². The Morgan fingerprint density at radius 1 is 1.35 bits per heavy atom. The lowest BCUT2D eigenvalue weighted by molar-refractivity contribution is -0.137. The first-order valence-electron chi connectivity index (χ1n) is 6.59. The summed E-state index contributed by atoms with van der Waals surface area (Å²) < 4.78 is 6.91. The highest BCUT2D eigenvalue weighted by Crippen LogP contribution is 2.15. The molecule has 0 spiro atoms. The van der Waals surface area contributed by atoms with Crippen molar-refractivity contribution in [3.8, 4) is 0 Å². The van der Waals surface area contributed by atoms with Gasteiger partial charge in [-0.15, -0.1) is 0 Å². The Hall–Kier alpha value is -2.36. The third-order valence-corrected chi connectivity index (χ3v) is 2.95. The Labute approximate surface area is 118 Å². The number of rotatable bonds is 5. The van der Waals surface area contributed by atoms with Gasteiger partial charge in [-0.1, -0.05) is 24.3 Å². The van der Waals surface area contributed by atoms with Gasteiger partial charge in [0.25, 0.3) is 0 Å². The second-order valence-electron chi connectivity index (χ2n) is 4.51. The zero-order chi connectivity index (χ0) is 14.4. The van der Waals surface area contributed by atoms with Crippen LogP contribution in [0.2, 0.25) is 0 Å². The molecule has 4 nitrogen and oxygen atoms in total. The molecule has 4 heteroatoms. The highest BCUT2D eigenvalue weighted by atomic mass is 16.5. The lowest BCUT2D eigenvalue weighted by atomic mass is 10.1. The molecule has 1 heterocycles. The van der Waals surface area contributed by atoms with E-state index in [1.807, 2.05) is 29.8 Å². The van der Waals surface area contributed by atoms with E-state index < -0.39 is 0 Å². The maximum absolute atomic E-state index is 11.4. The summed E-state index contributed by atoms with van der Waals surface area (Å²) in [5.41, 5.74) is 3.11. The van der Waals surface area contributed by atoms with Gasteiger partial charge in [0.15, 0.2) is 0 Å². The van der Waals surface area contributed by atoms with Crippen LogP contribution in [0.15, 0.2) is 49.1 Å². The largest absolute Gasteiger partial charge is 0.463 e. The summed E-state index contributed by atoms with van der Waals surface area (Å²) in [7, 11) is 0. The molecule has 0 atom stereocenters. The number of carbonyl (C=O) groups excluding carboxylic acids is 1. The summed E-state index contributed by atoms with van der Waals surface area (Å²) in [6.07, 6.45) is 7.01. The predicted octanol–water partition coefficient (Wildman–Crippen LogP) is 2.90. The van der Waals surface area contributed by atoms with Gasteiger partial charge < -0.3 is 9.30 Å². The quantitative estimate of drug-likeness (QED) is 0.620. The van der Waals surface area contributed by atoms with Crippen molar-refractivity contribution in [2.24, 2.45) is 0 Å². The number of aromatic nitrogens is 2. The topological polar surface area (TPSA) is 44.1 Å². The van der Waals surface area contributed by atoms with Gasteiger partial charge in [0.2, 0.25) is 0 Å². The third-order valence-electron chi connectivity index (χ3n) is 2.95. The zero-order valence-electron chi connectivity index (χ0n) is 11.7. The van der Waals surface area contributed by atoms with Crippen molar-refractivity contribution in [1.82, 2.24) is 9.55 Å². The van der Waals surface area contributed by atoms with Gasteiger partial charge in [0.05, 0.1) is 12.9 Å². The van der Waals surface area contributed by atoms with Crippen LogP contribution < -0.4 is 0 Å². The van der Waals surface area contributed by atoms with Crippen LogP contribution >= 0.6 is 0 Å². The van der Waals surface area contributed by atoms with Gasteiger partial charge in [0, 0.05) is 25.0 Å². The number of imidazole rings is 1. The van der Waals surface area contributed by atoms with Crippen LogP contribution in [0.4, 0.5) is 0 Å². The second-order valence-corrected chi connectivity index (χ2v) is 4.51. The molecule has 20 heavy (non-hydrogen) atoms. The normalized spacial score (nSPS) is 11.4. The predicted molar refractivity (Wildman–Crippen MR) is 78.1 cm³/mol. The Kier molecular flexibility index (Phi) is 4.71. The average molecular weight is 270 g/mol. The van der Waals surface area contributed by atoms with E-state index in [4.69, 9.17) is 4.74 Å². The third kappa shape index (κ3) is 3.82. The molecule has 0 aliphatic heterocycles. The molecule has 0 saturated heterocycles. The number of hydrogen-bond donors (Lipinski definition) is 0. The summed E-state index contributed by atoms with van der Waals surface area (Å²) in [6.45, 7) is 4.89. The fourth-order valence-corrected chi connectivity index (χ4v) is 1.91. The van der Waals surface area contributed by atoms with Crippen LogP contribution in [0.5, 0.6) is 0 Å². The summed E-state index contributed by atoms with van der Waals surface area (Å²) in [5, 5.41) is 0. The number of carbonyl (C=O) groups is 1. The zero-order valence-corrected chi connectivity index (χ0v) is 11.7. The standard InChI is InChI=1S/C16H18N2O2/c1-3-20-16(19)10-13(2)15-6-4-14(5-7-15)11-18-9-8-17-12-18/h4-10,12H,3,11H2,1-2H3. The summed E-state index contributed by atoms with van der Waals surface area (Å²) >= 11 is 0. The maximum Gasteiger partial charge on any atom is 0.331 e. The monoisotopic (exact) mass is 270 g/mol. The molecule has 2 rings (SSSR count). The van der Waals surface area contributed by atoms with Gasteiger partial charge in [0.1, 0.15) is 0 Å². The van der Waals surface area contributed by atoms with Crippen molar-refractivity contribution in [1.29, 1.82) is 0 Å². The Morgan fingerprint density at radius 3 is 2.70 bits per heavy atom. The van der Waals surface area contributed by atoms with E-state index in [2.05, 4.69) is 17.1 Å². The lowest BCUT2D eigenvalue weighted by Crippen LogP contribution is -2.00. The number of benzene rings is 1. The highest BCUT2D eigenvalue weighted by molar-refractivity contribution is 5.90. The molecule has 1 aromatic carbocycles. The molecule has 0 aliphatic carbocycles. The van der Waals surface area contributed by atoms with Gasteiger partial charge in [-0.05, 0) is 30.5 Å². The average Bonchev–Trinajstić information content (AvgIpc) is 2.92. The Morgan fingerprint density at radius 2 is 2.10 bits per heavy atom. The number of esters is 1. The van der Waals surface area contributed by atoms with Gasteiger partial charge in [-0.25, -0.2) is 9.78 Å². The molecule has 104 valence electrons. The minimum Gasteiger partial charge on any atom is -0.463 e. The van der Waals surface area contributed by atoms with Crippen molar-refractivity contribution in [2.75, 3.05) is 6.61 Å². The number of allylic oxidation sites excluding steroid dienone is 1. The Balaban J connectivity index is 2.06. The first-order chi connectivity index (χ1) is 9.69. The molecule has 0 unspecified atom stereocenters. The minimum atomic E-state index is -0.299. The number of hydrogen-bond acceptors (Lipinski definition) is 3. The van der Waals surface area contributed by atoms with Crippen LogP contribution in [0, 0.1) is 0 Å². The molecule has 0 fully saturated rings. The summed E-state index contributed by atoms with van der Waals surface area (Å²) in [5.74, 6) is -0.299. The molecule has 0 saturated carbocycles. The molecule has 1 aromatic heterocycles. The van der Waals surface area contributed by atoms with Crippen molar-refractivity contribution >= 4 is 11.5 Å². The summed E-state index contributed by atoms with van der Waals surface area (Å²) in [6, 6.07) is 8.13. The van der Waals surface area contributed by atoms with Crippen LogP contribution in [0.3, 0.4) is 0 Å². The van der Waals surface area contributed by atoms with E-state index in [9.17, 15) is 4.79 Å². The fourth-order valence-electron chi connectivity index (χ4n) is 1.91. The van der Waals surface area contributed by atoms with Crippen LogP contribution in [-0.4, -0.2) is 22.1 Å². The maximum atomic E-state index is 11.4. The SMILES string of the molecule is CCOC(=O)C=C(C)c1ccc(Cn2ccnc2)cc1. The smallest absolute Gasteiger partial charge is 0.331 e. The molecule has 0 N–H and O–H groups in total. The molecule has 0 amide bonds. The van der Waals surface area contributed by atoms with E-state index >= 15 is 0 Å². The second kappa shape index (κ2) is 6.70. The van der Waals surface area contributed by atoms with Crippen LogP contribution in [0.1, 0.15) is 25.0 Å². The molecule has 0 bridgehead atoms.